The van der Waals surface area contributed by atoms with Crippen LogP contribution in [-0.4, -0.2) is 16.9 Å². The van der Waals surface area contributed by atoms with E-state index < -0.39 is 0 Å². The van der Waals surface area contributed by atoms with Gasteiger partial charge in [-0.2, -0.15) is 5.10 Å². The maximum absolute atomic E-state index is 6.34. The molecule has 1 aromatic carbocycles. The number of ether oxygens (including phenoxy) is 2. The average molecular weight is 287 g/mol. The van der Waals surface area contributed by atoms with Crippen LogP contribution in [0.5, 0.6) is 11.6 Å². The second-order valence-corrected chi connectivity index (χ2v) is 5.62. The predicted molar refractivity (Wildman–Crippen MR) is 80.6 cm³/mol. The van der Waals surface area contributed by atoms with Gasteiger partial charge < -0.3 is 15.2 Å². The largest absolute Gasteiger partial charge is 0.485 e. The van der Waals surface area contributed by atoms with Crippen LogP contribution in [0.2, 0.25) is 0 Å². The molecule has 1 unspecified atom stereocenters. The predicted octanol–water partition coefficient (Wildman–Crippen LogP) is 2.57. The SMILES string of the molecule is COc1c(C2C[C@H](N)c3cc(C)ccc3O2)c(C)nn1C. The fraction of sp³-hybridized carbons (Fsp3) is 0.438. The van der Waals surface area contributed by atoms with Crippen LogP contribution in [0.25, 0.3) is 0 Å². The maximum Gasteiger partial charge on any atom is 0.218 e. The van der Waals surface area contributed by atoms with Crippen LogP contribution in [-0.2, 0) is 7.05 Å². The molecule has 0 radical (unpaired) electrons. The maximum atomic E-state index is 6.34. The summed E-state index contributed by atoms with van der Waals surface area (Å²) >= 11 is 0. The lowest BCUT2D eigenvalue weighted by Crippen LogP contribution is -2.24. The van der Waals surface area contributed by atoms with Gasteiger partial charge in [0, 0.05) is 25.1 Å². The third-order valence-electron chi connectivity index (χ3n) is 4.03. The molecule has 1 aromatic heterocycles. The molecule has 2 atom stereocenters. The number of methoxy groups -OCH3 is 1. The zero-order chi connectivity index (χ0) is 15.1. The first kappa shape index (κ1) is 13.9. The lowest BCUT2D eigenvalue weighted by molar-refractivity contribution is 0.156. The molecule has 5 heteroatoms. The quantitative estimate of drug-likeness (QED) is 0.922. The van der Waals surface area contributed by atoms with Gasteiger partial charge in [0.15, 0.2) is 0 Å². The van der Waals surface area contributed by atoms with Crippen molar-refractivity contribution in [2.45, 2.75) is 32.4 Å². The summed E-state index contributed by atoms with van der Waals surface area (Å²) in [6, 6.07) is 6.10. The van der Waals surface area contributed by atoms with E-state index in [-0.39, 0.29) is 12.1 Å². The summed E-state index contributed by atoms with van der Waals surface area (Å²) in [5.74, 6) is 1.59. The number of hydrogen-bond donors (Lipinski definition) is 1. The highest BCUT2D eigenvalue weighted by molar-refractivity contribution is 5.43. The summed E-state index contributed by atoms with van der Waals surface area (Å²) in [5.41, 5.74) is 10.5. The van der Waals surface area contributed by atoms with Gasteiger partial charge in [-0.3, -0.25) is 0 Å². The number of hydrogen-bond acceptors (Lipinski definition) is 4. The van der Waals surface area contributed by atoms with Gasteiger partial charge in [0.25, 0.3) is 0 Å². The van der Waals surface area contributed by atoms with Crippen LogP contribution in [0.4, 0.5) is 0 Å². The molecule has 0 fully saturated rings. The summed E-state index contributed by atoms with van der Waals surface area (Å²) in [6.45, 7) is 4.03. The number of nitrogens with two attached hydrogens (primary N) is 1. The van der Waals surface area contributed by atoms with Crippen molar-refractivity contribution in [3.05, 3.63) is 40.6 Å². The summed E-state index contributed by atoms with van der Waals surface area (Å²) in [5, 5.41) is 4.42. The molecule has 112 valence electrons. The Morgan fingerprint density at radius 1 is 1.38 bits per heavy atom. The van der Waals surface area contributed by atoms with Crippen molar-refractivity contribution in [1.29, 1.82) is 0 Å². The Hall–Kier alpha value is -2.01. The number of aryl methyl sites for hydroxylation is 3. The van der Waals surface area contributed by atoms with Crippen molar-refractivity contribution in [2.75, 3.05) is 7.11 Å². The van der Waals surface area contributed by atoms with Gasteiger partial charge in [-0.25, -0.2) is 4.68 Å². The third-order valence-corrected chi connectivity index (χ3v) is 4.03. The van der Waals surface area contributed by atoms with Gasteiger partial charge in [0.1, 0.15) is 11.9 Å². The standard InChI is InChI=1S/C16H21N3O2/c1-9-5-6-13-11(7-9)12(17)8-14(21-13)15-10(2)18-19(3)16(15)20-4/h5-7,12,14H,8,17H2,1-4H3/t12-,14?/m0/s1. The molecule has 3 rings (SSSR count). The Morgan fingerprint density at radius 2 is 2.14 bits per heavy atom. The monoisotopic (exact) mass is 287 g/mol. The normalized spacial score (nSPS) is 20.8. The molecule has 21 heavy (non-hydrogen) atoms. The van der Waals surface area contributed by atoms with Crippen molar-refractivity contribution in [3.8, 4) is 11.6 Å². The Morgan fingerprint density at radius 3 is 2.86 bits per heavy atom. The fourth-order valence-corrected chi connectivity index (χ4v) is 3.07. The van der Waals surface area contributed by atoms with Crippen molar-refractivity contribution in [2.24, 2.45) is 12.8 Å². The third kappa shape index (κ3) is 2.27. The van der Waals surface area contributed by atoms with Crippen LogP contribution in [0.3, 0.4) is 0 Å². The van der Waals surface area contributed by atoms with Crippen molar-refractivity contribution in [1.82, 2.24) is 9.78 Å². The average Bonchev–Trinajstić information content (AvgIpc) is 2.73. The number of fused-ring (bicyclic) bond motifs is 1. The molecular weight excluding hydrogens is 266 g/mol. The Bertz CT molecular complexity index is 678. The first-order valence-corrected chi connectivity index (χ1v) is 7.11. The van der Waals surface area contributed by atoms with E-state index in [0.29, 0.717) is 0 Å². The van der Waals surface area contributed by atoms with E-state index in [0.717, 1.165) is 34.9 Å². The number of nitrogens with zero attached hydrogens (tertiary/aromatic N) is 2. The Balaban J connectivity index is 2.02. The van der Waals surface area contributed by atoms with Gasteiger partial charge in [0.2, 0.25) is 5.88 Å². The summed E-state index contributed by atoms with van der Waals surface area (Å²) < 4.78 is 13.4. The van der Waals surface area contributed by atoms with E-state index in [9.17, 15) is 0 Å². The molecule has 0 amide bonds. The van der Waals surface area contributed by atoms with Gasteiger partial charge in [-0.05, 0) is 19.9 Å². The van der Waals surface area contributed by atoms with Crippen molar-refractivity contribution in [3.63, 3.8) is 0 Å². The Labute approximate surface area is 124 Å². The molecule has 5 nitrogen and oxygen atoms in total. The molecule has 1 aliphatic heterocycles. The smallest absolute Gasteiger partial charge is 0.218 e. The van der Waals surface area contributed by atoms with E-state index in [1.165, 1.54) is 5.56 Å². The topological polar surface area (TPSA) is 62.3 Å². The molecule has 1 aliphatic rings. The molecular formula is C16H21N3O2. The van der Waals surface area contributed by atoms with Gasteiger partial charge >= 0.3 is 0 Å². The van der Waals surface area contributed by atoms with Crippen molar-refractivity contribution < 1.29 is 9.47 Å². The van der Waals surface area contributed by atoms with E-state index in [1.807, 2.05) is 26.1 Å². The molecule has 0 aliphatic carbocycles. The van der Waals surface area contributed by atoms with Crippen LogP contribution in [0.15, 0.2) is 18.2 Å². The minimum Gasteiger partial charge on any atom is -0.485 e. The zero-order valence-electron chi connectivity index (χ0n) is 12.9. The lowest BCUT2D eigenvalue weighted by Gasteiger charge is -2.30. The second-order valence-electron chi connectivity index (χ2n) is 5.62. The van der Waals surface area contributed by atoms with Gasteiger partial charge in [-0.15, -0.1) is 0 Å². The summed E-state index contributed by atoms with van der Waals surface area (Å²) in [7, 11) is 3.52. The van der Waals surface area contributed by atoms with Crippen LogP contribution < -0.4 is 15.2 Å². The van der Waals surface area contributed by atoms with Crippen molar-refractivity contribution >= 4 is 0 Å². The van der Waals surface area contributed by atoms with Gasteiger partial charge in [0.05, 0.1) is 18.4 Å². The highest BCUT2D eigenvalue weighted by Crippen LogP contribution is 2.43. The molecule has 0 spiro atoms. The zero-order valence-corrected chi connectivity index (χ0v) is 12.9. The highest BCUT2D eigenvalue weighted by atomic mass is 16.5. The fourth-order valence-electron chi connectivity index (χ4n) is 3.07. The summed E-state index contributed by atoms with van der Waals surface area (Å²) in [6.07, 6.45) is 0.596. The van der Waals surface area contributed by atoms with Crippen LogP contribution in [0.1, 0.15) is 41.0 Å². The van der Waals surface area contributed by atoms with E-state index in [1.54, 1.807) is 11.8 Å². The van der Waals surface area contributed by atoms with E-state index in [2.05, 4.69) is 18.1 Å². The first-order chi connectivity index (χ1) is 10.0. The highest BCUT2D eigenvalue weighted by Gasteiger charge is 2.32. The number of benzene rings is 1. The Kier molecular flexibility index (Phi) is 3.37. The molecule has 0 saturated heterocycles. The van der Waals surface area contributed by atoms with Crippen LogP contribution >= 0.6 is 0 Å². The first-order valence-electron chi connectivity index (χ1n) is 7.11. The number of rotatable bonds is 2. The lowest BCUT2D eigenvalue weighted by atomic mass is 9.92. The van der Waals surface area contributed by atoms with Crippen LogP contribution in [0, 0.1) is 13.8 Å². The number of aromatic nitrogens is 2. The molecule has 2 heterocycles. The second kappa shape index (κ2) is 5.07. The minimum absolute atomic E-state index is 0.0389. The molecule has 0 saturated carbocycles. The molecule has 2 N–H and O–H groups in total. The van der Waals surface area contributed by atoms with Gasteiger partial charge in [-0.1, -0.05) is 17.7 Å². The van der Waals surface area contributed by atoms with E-state index in [4.69, 9.17) is 15.2 Å². The summed E-state index contributed by atoms with van der Waals surface area (Å²) in [4.78, 5) is 0. The molecule has 0 bridgehead atoms. The van der Waals surface area contributed by atoms with E-state index >= 15 is 0 Å². The molecule has 2 aromatic rings. The minimum atomic E-state index is -0.126.